The molecule has 0 radical (unpaired) electrons. The Bertz CT molecular complexity index is 369. The minimum atomic E-state index is -0.0573. The number of nitrogens with zero attached hydrogens (tertiary/aromatic N) is 1. The van der Waals surface area contributed by atoms with Gasteiger partial charge < -0.3 is 14.7 Å². The molecule has 1 aromatic rings. The Kier molecular flexibility index (Phi) is 3.69. The van der Waals surface area contributed by atoms with Gasteiger partial charge in [0.2, 0.25) is 0 Å². The highest BCUT2D eigenvalue weighted by Crippen LogP contribution is 2.30. The van der Waals surface area contributed by atoms with E-state index in [0.717, 1.165) is 13.1 Å². The van der Waals surface area contributed by atoms with Gasteiger partial charge in [-0.1, -0.05) is 18.2 Å². The van der Waals surface area contributed by atoms with E-state index in [1.54, 1.807) is 0 Å². The molecule has 17 heavy (non-hydrogen) atoms. The Morgan fingerprint density at radius 2 is 2.06 bits per heavy atom. The average molecular weight is 235 g/mol. The molecule has 3 nitrogen and oxygen atoms in total. The fourth-order valence-corrected chi connectivity index (χ4v) is 2.31. The molecule has 1 aliphatic rings. The number of benzene rings is 1. The van der Waals surface area contributed by atoms with Gasteiger partial charge in [0.1, 0.15) is 0 Å². The van der Waals surface area contributed by atoms with Crippen LogP contribution in [0, 0.1) is 12.3 Å². The Hall–Kier alpha value is -1.06. The second-order valence-corrected chi connectivity index (χ2v) is 4.95. The van der Waals surface area contributed by atoms with Crippen LogP contribution in [0.15, 0.2) is 24.3 Å². The van der Waals surface area contributed by atoms with E-state index in [0.29, 0.717) is 13.2 Å². The normalized spacial score (nSPS) is 17.6. The number of aryl methyl sites for hydroxylation is 1. The van der Waals surface area contributed by atoms with E-state index in [2.05, 4.69) is 43.0 Å². The summed E-state index contributed by atoms with van der Waals surface area (Å²) in [5, 5.41) is 9.49. The number of aliphatic hydroxyl groups is 1. The monoisotopic (exact) mass is 235 g/mol. The first kappa shape index (κ1) is 12.4. The molecule has 1 aliphatic heterocycles. The van der Waals surface area contributed by atoms with E-state index >= 15 is 0 Å². The van der Waals surface area contributed by atoms with E-state index in [1.807, 2.05) is 0 Å². The topological polar surface area (TPSA) is 32.7 Å². The number of aliphatic hydroxyl groups excluding tert-OH is 1. The second kappa shape index (κ2) is 5.07. The van der Waals surface area contributed by atoms with Crippen molar-refractivity contribution in [3.8, 4) is 0 Å². The summed E-state index contributed by atoms with van der Waals surface area (Å²) < 4.78 is 5.25. The van der Waals surface area contributed by atoms with Crippen molar-refractivity contribution in [1.29, 1.82) is 0 Å². The summed E-state index contributed by atoms with van der Waals surface area (Å²) in [5.41, 5.74) is 2.48. The molecule has 0 aromatic heterocycles. The van der Waals surface area contributed by atoms with Crippen LogP contribution in [0.5, 0.6) is 0 Å². The summed E-state index contributed by atoms with van der Waals surface area (Å²) in [7, 11) is 0. The van der Waals surface area contributed by atoms with Gasteiger partial charge in [-0.3, -0.25) is 0 Å². The zero-order valence-electron chi connectivity index (χ0n) is 10.6. The average Bonchev–Trinajstić information content (AvgIpc) is 2.30. The smallest absolute Gasteiger partial charge is 0.0584 e. The van der Waals surface area contributed by atoms with Gasteiger partial charge in [0.25, 0.3) is 0 Å². The van der Waals surface area contributed by atoms with Crippen LogP contribution in [-0.4, -0.2) is 38.0 Å². The quantitative estimate of drug-likeness (QED) is 0.845. The maximum absolute atomic E-state index is 9.49. The molecule has 0 amide bonds. The lowest BCUT2D eigenvalue weighted by Crippen LogP contribution is -2.53. The lowest BCUT2D eigenvalue weighted by molar-refractivity contribution is -0.130. The molecule has 1 N–H and O–H groups in total. The minimum Gasteiger partial charge on any atom is -0.396 e. The third kappa shape index (κ3) is 2.45. The lowest BCUT2D eigenvalue weighted by Gasteiger charge is -2.44. The Labute approximate surface area is 103 Å². The van der Waals surface area contributed by atoms with Crippen LogP contribution in [-0.2, 0) is 4.74 Å². The van der Waals surface area contributed by atoms with Crippen molar-refractivity contribution in [3.63, 3.8) is 0 Å². The molecule has 94 valence electrons. The van der Waals surface area contributed by atoms with Crippen molar-refractivity contribution in [2.24, 2.45) is 5.41 Å². The molecule has 0 spiro atoms. The van der Waals surface area contributed by atoms with Gasteiger partial charge >= 0.3 is 0 Å². The summed E-state index contributed by atoms with van der Waals surface area (Å²) in [6, 6.07) is 8.39. The molecule has 0 bridgehead atoms. The van der Waals surface area contributed by atoms with E-state index in [9.17, 15) is 5.11 Å². The highest BCUT2D eigenvalue weighted by atomic mass is 16.5. The van der Waals surface area contributed by atoms with Crippen molar-refractivity contribution in [3.05, 3.63) is 29.8 Å². The van der Waals surface area contributed by atoms with Gasteiger partial charge in [0.05, 0.1) is 25.2 Å². The summed E-state index contributed by atoms with van der Waals surface area (Å²) in [6.45, 7) is 7.64. The van der Waals surface area contributed by atoms with Crippen LogP contribution >= 0.6 is 0 Å². The molecule has 2 rings (SSSR count). The maximum atomic E-state index is 9.49. The van der Waals surface area contributed by atoms with E-state index in [-0.39, 0.29) is 12.0 Å². The molecule has 1 saturated heterocycles. The molecule has 1 aromatic carbocycles. The summed E-state index contributed by atoms with van der Waals surface area (Å²) in [5.74, 6) is 0. The van der Waals surface area contributed by atoms with E-state index < -0.39 is 0 Å². The standard InChI is InChI=1S/C14H21NO2/c1-3-15(8-14(9-16)10-17-11-14)13-7-5-4-6-12(13)2/h4-7,16H,3,8-11H2,1-2H3. The summed E-state index contributed by atoms with van der Waals surface area (Å²) in [4.78, 5) is 2.33. The minimum absolute atomic E-state index is 0.0573. The van der Waals surface area contributed by atoms with Gasteiger partial charge in [-0.15, -0.1) is 0 Å². The molecule has 0 atom stereocenters. The van der Waals surface area contributed by atoms with Crippen molar-refractivity contribution >= 4 is 5.69 Å². The number of hydrogen-bond donors (Lipinski definition) is 1. The van der Waals surface area contributed by atoms with Crippen LogP contribution < -0.4 is 4.90 Å². The van der Waals surface area contributed by atoms with Gasteiger partial charge in [0, 0.05) is 18.8 Å². The Balaban J connectivity index is 2.14. The van der Waals surface area contributed by atoms with Crippen LogP contribution in [0.3, 0.4) is 0 Å². The highest BCUT2D eigenvalue weighted by molar-refractivity contribution is 5.53. The highest BCUT2D eigenvalue weighted by Gasteiger charge is 2.39. The molecule has 0 saturated carbocycles. The van der Waals surface area contributed by atoms with Gasteiger partial charge in [0.15, 0.2) is 0 Å². The molecule has 3 heteroatoms. The van der Waals surface area contributed by atoms with E-state index in [1.165, 1.54) is 11.3 Å². The van der Waals surface area contributed by atoms with Crippen molar-refractivity contribution in [1.82, 2.24) is 0 Å². The summed E-state index contributed by atoms with van der Waals surface area (Å²) >= 11 is 0. The first-order valence-electron chi connectivity index (χ1n) is 6.20. The van der Waals surface area contributed by atoms with Crippen molar-refractivity contribution in [2.45, 2.75) is 13.8 Å². The van der Waals surface area contributed by atoms with Gasteiger partial charge in [-0.2, -0.15) is 0 Å². The fraction of sp³-hybridized carbons (Fsp3) is 0.571. The van der Waals surface area contributed by atoms with E-state index in [4.69, 9.17) is 4.74 Å². The number of hydrogen-bond acceptors (Lipinski definition) is 3. The predicted molar refractivity (Wildman–Crippen MR) is 69.4 cm³/mol. The number of para-hydroxylation sites is 1. The van der Waals surface area contributed by atoms with Crippen LogP contribution in [0.4, 0.5) is 5.69 Å². The van der Waals surface area contributed by atoms with Crippen molar-refractivity contribution in [2.75, 3.05) is 37.8 Å². The molecule has 0 unspecified atom stereocenters. The molecular formula is C14H21NO2. The predicted octanol–water partition coefficient (Wildman–Crippen LogP) is 1.83. The first-order chi connectivity index (χ1) is 8.21. The first-order valence-corrected chi connectivity index (χ1v) is 6.20. The number of ether oxygens (including phenoxy) is 1. The largest absolute Gasteiger partial charge is 0.396 e. The molecule has 1 fully saturated rings. The van der Waals surface area contributed by atoms with Crippen LogP contribution in [0.1, 0.15) is 12.5 Å². The van der Waals surface area contributed by atoms with Gasteiger partial charge in [-0.25, -0.2) is 0 Å². The van der Waals surface area contributed by atoms with Crippen LogP contribution in [0.25, 0.3) is 0 Å². The van der Waals surface area contributed by atoms with Crippen molar-refractivity contribution < 1.29 is 9.84 Å². The fourth-order valence-electron chi connectivity index (χ4n) is 2.31. The third-order valence-electron chi connectivity index (χ3n) is 3.52. The Morgan fingerprint density at radius 3 is 2.53 bits per heavy atom. The summed E-state index contributed by atoms with van der Waals surface area (Å²) in [6.07, 6.45) is 0. The molecule has 0 aliphatic carbocycles. The SMILES string of the molecule is CCN(CC1(CO)COC1)c1ccccc1C. The number of rotatable bonds is 5. The Morgan fingerprint density at radius 1 is 1.35 bits per heavy atom. The lowest BCUT2D eigenvalue weighted by atomic mass is 9.86. The maximum Gasteiger partial charge on any atom is 0.0584 e. The zero-order valence-corrected chi connectivity index (χ0v) is 10.6. The van der Waals surface area contributed by atoms with Crippen LogP contribution in [0.2, 0.25) is 0 Å². The third-order valence-corrected chi connectivity index (χ3v) is 3.52. The zero-order chi connectivity index (χ0) is 12.3. The van der Waals surface area contributed by atoms with Gasteiger partial charge in [-0.05, 0) is 25.5 Å². The molecule has 1 heterocycles. The molecular weight excluding hydrogens is 214 g/mol. The number of anilines is 1. The second-order valence-electron chi connectivity index (χ2n) is 4.95.